The number of fused-ring (bicyclic) bond motifs is 1. The Morgan fingerprint density at radius 1 is 1.15 bits per heavy atom. The minimum Gasteiger partial charge on any atom is -0.493 e. The Bertz CT molecular complexity index is 2040. The highest BCUT2D eigenvalue weighted by Gasteiger charge is 2.42. The first-order chi connectivity index (χ1) is 25.6. The van der Waals surface area contributed by atoms with Crippen LogP contribution in [0.3, 0.4) is 0 Å². The maximum absolute atomic E-state index is 15.1. The molecule has 0 aliphatic carbocycles. The third kappa shape index (κ3) is 6.15. The largest absolute Gasteiger partial charge is 0.493 e. The van der Waals surface area contributed by atoms with E-state index in [0.29, 0.717) is 6.20 Å². The first-order valence-electron chi connectivity index (χ1n) is 18.7. The van der Waals surface area contributed by atoms with Gasteiger partial charge in [-0.2, -0.15) is 4.98 Å². The Morgan fingerprint density at radius 3 is 2.52 bits per heavy atom. The number of anilines is 5. The van der Waals surface area contributed by atoms with Gasteiger partial charge in [0.2, 0.25) is 11.7 Å². The minimum absolute atomic E-state index is 0.147. The normalized spacial score (nSPS) is 22.0. The number of nitrogens with one attached hydrogen (secondary N) is 2. The number of pyridine rings is 1. The van der Waals surface area contributed by atoms with Crippen LogP contribution in [0.25, 0.3) is 0 Å². The average molecular weight is 598 g/mol. The smallest absolute Gasteiger partial charge is 0.471 e. The van der Waals surface area contributed by atoms with Crippen LogP contribution in [0.2, 0.25) is 0 Å². The topological polar surface area (TPSA) is 187 Å². The minimum atomic E-state index is -5.41. The van der Waals surface area contributed by atoms with Crippen molar-refractivity contribution >= 4 is 42.8 Å². The van der Waals surface area contributed by atoms with Crippen molar-refractivity contribution in [1.29, 1.82) is 0 Å². The van der Waals surface area contributed by atoms with Gasteiger partial charge in [0.15, 0.2) is 40.3 Å². The molecule has 1 aliphatic heterocycles. The van der Waals surface area contributed by atoms with Crippen LogP contribution in [0.5, 0.6) is 23.0 Å². The summed E-state index contributed by atoms with van der Waals surface area (Å²) in [6.45, 7) is -8.92. The molecule has 0 atom stereocenters. The van der Waals surface area contributed by atoms with Crippen molar-refractivity contribution in [2.24, 2.45) is 0 Å². The van der Waals surface area contributed by atoms with Crippen LogP contribution >= 0.6 is 7.82 Å². The predicted molar refractivity (Wildman–Crippen MR) is 139 cm³/mol. The summed E-state index contributed by atoms with van der Waals surface area (Å²) in [6.07, 6.45) is 0.489. The second kappa shape index (κ2) is 11.1. The van der Waals surface area contributed by atoms with Crippen LogP contribution in [0.1, 0.15) is 37.0 Å². The average Bonchev–Trinajstić information content (AvgIpc) is 3.00. The predicted octanol–water partition coefficient (Wildman–Crippen LogP) is 3.09. The number of amides is 1. The Hall–Kier alpha value is -4.24. The summed E-state index contributed by atoms with van der Waals surface area (Å²) in [6, 6.07) is -0.495. The molecular weight excluding hydrogens is 554 g/mol. The van der Waals surface area contributed by atoms with Crippen LogP contribution in [-0.2, 0) is 13.9 Å². The summed E-state index contributed by atoms with van der Waals surface area (Å²) in [4.78, 5) is 43.6. The van der Waals surface area contributed by atoms with E-state index in [0.717, 1.165) is 12.1 Å². The molecule has 0 saturated heterocycles. The van der Waals surface area contributed by atoms with Gasteiger partial charge in [-0.15, -0.1) is 0 Å². The molecule has 4 N–H and O–H groups in total. The summed E-state index contributed by atoms with van der Waals surface area (Å²) in [5, 5.41) is 4.57. The lowest BCUT2D eigenvalue weighted by Crippen LogP contribution is -2.53. The lowest BCUT2D eigenvalue weighted by atomic mass is 10.1. The third-order valence-electron chi connectivity index (χ3n) is 4.68. The molecule has 15 nitrogen and oxygen atoms in total. The van der Waals surface area contributed by atoms with Gasteiger partial charge in [-0.1, -0.05) is 0 Å². The number of phosphoric ester groups is 1. The fourth-order valence-electron chi connectivity index (χ4n) is 3.05. The molecule has 0 unspecified atom stereocenters. The summed E-state index contributed by atoms with van der Waals surface area (Å²) in [7, 11) is -15.7. The molecule has 1 amide bonds. The molecule has 0 radical (unpaired) electrons. The van der Waals surface area contributed by atoms with Gasteiger partial charge in [0.05, 0.1) is 42.4 Å². The van der Waals surface area contributed by atoms with E-state index in [2.05, 4.69) is 30.1 Å². The number of aromatic nitrogens is 3. The van der Waals surface area contributed by atoms with E-state index < -0.39 is 131 Å². The van der Waals surface area contributed by atoms with Crippen LogP contribution < -0.4 is 34.5 Å². The van der Waals surface area contributed by atoms with Crippen molar-refractivity contribution in [1.82, 2.24) is 15.0 Å². The quantitative estimate of drug-likeness (QED) is 0.250. The van der Waals surface area contributed by atoms with Crippen LogP contribution in [0, 0.1) is 5.82 Å². The van der Waals surface area contributed by atoms with E-state index in [4.69, 9.17) is 42.3 Å². The first kappa shape index (κ1) is 13.9. The van der Waals surface area contributed by atoms with Gasteiger partial charge >= 0.3 is 7.82 Å². The molecule has 40 heavy (non-hydrogen) atoms. The number of phosphoric acid groups is 1. The molecule has 3 heterocycles. The SMILES string of the molecule is [2H]c1c(Nc2ncc(F)c(Nc3ccc4c(n3)N(COP(=O)(O)O)C(=O)C(C([2H])([2H])[2H])(C([2H])([2H])[2H])O4)n2)c([2H])c(OC([2H])([2H])[2H])c(OC([2H])([2H])[2H])c1OC([2H])([2H])[2H]. The number of nitrogens with zero attached hydrogens (tertiary/aromatic N) is 4. The molecule has 1 aliphatic rings. The Balaban J connectivity index is 1.82. The summed E-state index contributed by atoms with van der Waals surface area (Å²) < 4.78 is 181. The zero-order valence-electron chi connectivity index (χ0n) is 36.3. The molecular formula is C23H26FN6O9P. The van der Waals surface area contributed by atoms with E-state index in [-0.39, 0.29) is 4.90 Å². The standard InChI is InChI=1S/C23H26FN6O9P/c1-23(2)21(31)30(11-38-40(32,33)34)20-14(39-23)6-7-17(28-20)27-19-13(24)10-25-22(29-19)26-12-8-15(35-3)18(37-5)16(9-12)36-4/h6-10H,11H2,1-5H3,(H2,32,33,34)(H2,25,26,27,28,29)/i1D3,2D3,3D3,4D3,5D3,8D,9D. The number of methoxy groups -OCH3 is 3. The van der Waals surface area contributed by atoms with Gasteiger partial charge in [-0.3, -0.25) is 14.2 Å². The molecule has 0 fully saturated rings. The third-order valence-corrected chi connectivity index (χ3v) is 5.13. The highest BCUT2D eigenvalue weighted by Crippen LogP contribution is 2.42. The summed E-state index contributed by atoms with van der Waals surface area (Å²) in [5.74, 6) is -10.5. The van der Waals surface area contributed by atoms with E-state index in [1.807, 2.05) is 0 Å². The van der Waals surface area contributed by atoms with Crippen LogP contribution in [0.15, 0.2) is 30.4 Å². The number of ether oxygens (including phenoxy) is 4. The number of hydrogen-bond acceptors (Lipinski definition) is 12. The monoisotopic (exact) mass is 597 g/mol. The molecule has 0 spiro atoms. The second-order valence-electron chi connectivity index (χ2n) is 7.34. The first-order valence-corrected chi connectivity index (χ1v) is 11.7. The van der Waals surface area contributed by atoms with Crippen molar-refractivity contribution < 1.29 is 70.3 Å². The van der Waals surface area contributed by atoms with Crippen LogP contribution in [-0.4, -0.2) is 64.1 Å². The van der Waals surface area contributed by atoms with Crippen molar-refractivity contribution in [2.45, 2.75) is 19.3 Å². The summed E-state index contributed by atoms with van der Waals surface area (Å²) in [5.41, 5.74) is -4.52. The highest BCUT2D eigenvalue weighted by atomic mass is 31.2. The van der Waals surface area contributed by atoms with Gasteiger partial charge in [-0.25, -0.2) is 18.9 Å². The molecule has 0 bridgehead atoms. The molecule has 2 aromatic heterocycles. The number of benzene rings is 1. The molecule has 4 rings (SSSR count). The number of carbonyl (C=O) groups excluding carboxylic acids is 1. The van der Waals surface area contributed by atoms with E-state index in [9.17, 15) is 19.1 Å². The lowest BCUT2D eigenvalue weighted by molar-refractivity contribution is -0.133. The molecule has 1 aromatic carbocycles. The Labute approximate surface area is 251 Å². The number of rotatable bonds is 10. The maximum Gasteiger partial charge on any atom is 0.471 e. The molecule has 0 saturated carbocycles. The zero-order valence-corrected chi connectivity index (χ0v) is 20.2. The molecule has 214 valence electrons. The van der Waals surface area contributed by atoms with E-state index in [1.54, 1.807) is 0 Å². The van der Waals surface area contributed by atoms with Gasteiger partial charge in [0, 0.05) is 26.0 Å². The van der Waals surface area contributed by atoms with E-state index >= 15 is 4.39 Å². The van der Waals surface area contributed by atoms with Gasteiger partial charge in [0.1, 0.15) is 12.5 Å². The van der Waals surface area contributed by atoms with Crippen molar-refractivity contribution in [3.05, 3.63) is 36.2 Å². The highest BCUT2D eigenvalue weighted by molar-refractivity contribution is 7.46. The number of hydrogen-bond donors (Lipinski definition) is 4. The Kier molecular flexibility index (Phi) is 3.85. The number of carbonyl (C=O) groups is 1. The number of halogens is 1. The van der Waals surface area contributed by atoms with E-state index in [1.165, 1.54) is 0 Å². The lowest BCUT2D eigenvalue weighted by Gasteiger charge is -2.37. The van der Waals surface area contributed by atoms with Crippen molar-refractivity contribution in [2.75, 3.05) is 43.4 Å². The van der Waals surface area contributed by atoms with Crippen molar-refractivity contribution in [3.8, 4) is 23.0 Å². The summed E-state index contributed by atoms with van der Waals surface area (Å²) >= 11 is 0. The second-order valence-corrected chi connectivity index (χ2v) is 8.58. The fraction of sp³-hybridized carbons (Fsp3) is 0.304. The molecule has 3 aromatic rings. The Morgan fingerprint density at radius 2 is 1.88 bits per heavy atom. The van der Waals surface area contributed by atoms with Crippen molar-refractivity contribution in [3.63, 3.8) is 0 Å². The maximum atomic E-state index is 15.1. The zero-order chi connectivity index (χ0) is 43.5. The van der Waals surface area contributed by atoms with Gasteiger partial charge in [0.25, 0.3) is 5.91 Å². The fourth-order valence-corrected chi connectivity index (χ4v) is 3.31. The van der Waals surface area contributed by atoms with Gasteiger partial charge < -0.3 is 39.4 Å². The molecule has 17 heteroatoms. The van der Waals surface area contributed by atoms with Gasteiger partial charge in [-0.05, 0) is 25.8 Å². The van der Waals surface area contributed by atoms with Crippen LogP contribution in [0.4, 0.5) is 33.5 Å².